The molecule has 0 rings (SSSR count). The second-order valence-corrected chi connectivity index (χ2v) is 5.34. The highest BCUT2D eigenvalue weighted by Crippen LogP contribution is 2.15. The van der Waals surface area contributed by atoms with Gasteiger partial charge in [0.15, 0.2) is 0 Å². The van der Waals surface area contributed by atoms with E-state index in [0.29, 0.717) is 6.42 Å². The third-order valence-corrected chi connectivity index (χ3v) is 3.24. The summed E-state index contributed by atoms with van der Waals surface area (Å²) in [7, 11) is 0. The van der Waals surface area contributed by atoms with Crippen LogP contribution in [0.25, 0.3) is 0 Å². The molecule has 0 fully saturated rings. The molecule has 1 N–H and O–H groups in total. The van der Waals surface area contributed by atoms with Crippen molar-refractivity contribution in [3.8, 4) is 0 Å². The molecule has 23 heavy (non-hydrogen) atoms. The zero-order chi connectivity index (χ0) is 17.7. The van der Waals surface area contributed by atoms with Crippen LogP contribution in [0.4, 0.5) is 13.2 Å². The Morgan fingerprint density at radius 2 is 1.70 bits per heavy atom. The van der Waals surface area contributed by atoms with E-state index in [4.69, 9.17) is 4.74 Å². The van der Waals surface area contributed by atoms with Crippen LogP contribution in [0, 0.1) is 0 Å². The van der Waals surface area contributed by atoms with Crippen LogP contribution in [0.2, 0.25) is 0 Å². The maximum Gasteiger partial charge on any atom is 0.471 e. The predicted octanol–water partition coefficient (Wildman–Crippen LogP) is 3.90. The molecule has 0 aromatic carbocycles. The van der Waals surface area contributed by atoms with Gasteiger partial charge in [0.1, 0.15) is 6.04 Å². The zero-order valence-electron chi connectivity index (χ0n) is 13.6. The van der Waals surface area contributed by atoms with Crippen molar-refractivity contribution in [3.05, 3.63) is 12.7 Å². The fourth-order valence-corrected chi connectivity index (χ4v) is 1.95. The summed E-state index contributed by atoms with van der Waals surface area (Å²) < 4.78 is 41.5. The molecular weight excluding hydrogens is 311 g/mol. The van der Waals surface area contributed by atoms with Crippen LogP contribution >= 0.6 is 0 Å². The zero-order valence-corrected chi connectivity index (χ0v) is 13.6. The third-order valence-electron chi connectivity index (χ3n) is 3.24. The third kappa shape index (κ3) is 10.8. The van der Waals surface area contributed by atoms with Gasteiger partial charge in [0.25, 0.3) is 0 Å². The number of hydrogen-bond acceptors (Lipinski definition) is 3. The Balaban J connectivity index is 4.02. The number of hydrogen-bond donors (Lipinski definition) is 1. The van der Waals surface area contributed by atoms with Crippen LogP contribution in [0.15, 0.2) is 12.7 Å². The number of unbranched alkanes of at least 4 members (excludes halogenated alkanes) is 6. The number of ether oxygens (including phenoxy) is 1. The number of alkyl halides is 3. The van der Waals surface area contributed by atoms with E-state index in [-0.39, 0.29) is 13.0 Å². The average molecular weight is 337 g/mol. The van der Waals surface area contributed by atoms with Crippen molar-refractivity contribution in [1.29, 1.82) is 0 Å². The molecule has 0 saturated carbocycles. The van der Waals surface area contributed by atoms with E-state index in [1.807, 2.05) is 0 Å². The minimum atomic E-state index is -5.03. The first-order valence-corrected chi connectivity index (χ1v) is 7.98. The lowest BCUT2D eigenvalue weighted by Crippen LogP contribution is -2.47. The van der Waals surface area contributed by atoms with Crippen LogP contribution in [0.3, 0.4) is 0 Å². The van der Waals surface area contributed by atoms with Crippen molar-refractivity contribution in [2.24, 2.45) is 0 Å². The molecule has 1 amide bonds. The van der Waals surface area contributed by atoms with Gasteiger partial charge < -0.3 is 10.1 Å². The summed E-state index contributed by atoms with van der Waals surface area (Å²) >= 11 is 0. The summed E-state index contributed by atoms with van der Waals surface area (Å²) in [6, 6.07) is -1.36. The average Bonchev–Trinajstić information content (AvgIpc) is 2.48. The smallest absolute Gasteiger partial charge is 0.464 e. The molecule has 0 saturated heterocycles. The number of carbonyl (C=O) groups excluding carboxylic acids is 2. The summed E-state index contributed by atoms with van der Waals surface area (Å²) in [5, 5.41) is 1.62. The molecule has 0 spiro atoms. The number of halogens is 3. The van der Waals surface area contributed by atoms with E-state index in [9.17, 15) is 22.8 Å². The second-order valence-electron chi connectivity index (χ2n) is 5.34. The fourth-order valence-electron chi connectivity index (χ4n) is 1.95. The molecule has 1 unspecified atom stereocenters. The molecule has 0 heterocycles. The maximum absolute atomic E-state index is 12.2. The van der Waals surface area contributed by atoms with Crippen molar-refractivity contribution in [3.63, 3.8) is 0 Å². The molecule has 4 nitrogen and oxygen atoms in total. The van der Waals surface area contributed by atoms with Crippen molar-refractivity contribution in [2.75, 3.05) is 6.61 Å². The van der Waals surface area contributed by atoms with Crippen molar-refractivity contribution < 1.29 is 27.5 Å². The normalized spacial score (nSPS) is 12.5. The van der Waals surface area contributed by atoms with Gasteiger partial charge in [-0.25, -0.2) is 4.79 Å². The molecule has 0 aliphatic heterocycles. The monoisotopic (exact) mass is 337 g/mol. The van der Waals surface area contributed by atoms with Crippen LogP contribution in [-0.4, -0.2) is 30.7 Å². The maximum atomic E-state index is 12.2. The summed E-state index contributed by atoms with van der Waals surface area (Å²) in [6.45, 7) is 5.63. The summed E-state index contributed by atoms with van der Waals surface area (Å²) in [4.78, 5) is 22.6. The highest BCUT2D eigenvalue weighted by molar-refractivity contribution is 5.87. The molecule has 0 aliphatic rings. The Labute approximate surface area is 135 Å². The lowest BCUT2D eigenvalue weighted by molar-refractivity contribution is -0.175. The standard InChI is InChI=1S/C16H26F3NO3/c1-3-5-6-7-8-9-10-12-23-14(21)13(11-4-2)20-15(22)16(17,18)19/h4,13H,2-3,5-12H2,1H3,(H,20,22). The molecular formula is C16H26F3NO3. The fraction of sp³-hybridized carbons (Fsp3) is 0.750. The van der Waals surface area contributed by atoms with Crippen LogP contribution in [0.1, 0.15) is 58.3 Å². The molecule has 134 valence electrons. The van der Waals surface area contributed by atoms with Gasteiger partial charge in [0, 0.05) is 0 Å². The molecule has 0 bridgehead atoms. The Kier molecular flexibility index (Phi) is 11.2. The molecule has 7 heteroatoms. The lowest BCUT2D eigenvalue weighted by atomic mass is 10.1. The van der Waals surface area contributed by atoms with Crippen LogP contribution in [-0.2, 0) is 14.3 Å². The van der Waals surface area contributed by atoms with E-state index < -0.39 is 24.1 Å². The van der Waals surface area contributed by atoms with Gasteiger partial charge in [0.05, 0.1) is 6.61 Å². The van der Waals surface area contributed by atoms with E-state index in [1.165, 1.54) is 25.3 Å². The van der Waals surface area contributed by atoms with E-state index in [0.717, 1.165) is 19.3 Å². The Morgan fingerprint density at radius 1 is 1.13 bits per heavy atom. The number of rotatable bonds is 12. The first-order chi connectivity index (χ1) is 10.8. The van der Waals surface area contributed by atoms with E-state index in [2.05, 4.69) is 13.5 Å². The highest BCUT2D eigenvalue weighted by Gasteiger charge is 2.40. The molecule has 0 aliphatic carbocycles. The van der Waals surface area contributed by atoms with Crippen molar-refractivity contribution in [1.82, 2.24) is 5.32 Å². The quantitative estimate of drug-likeness (QED) is 0.334. The lowest BCUT2D eigenvalue weighted by Gasteiger charge is -2.17. The summed E-state index contributed by atoms with van der Waals surface area (Å²) in [6.07, 6.45) is 3.40. The molecule has 0 radical (unpaired) electrons. The first-order valence-electron chi connectivity index (χ1n) is 7.98. The van der Waals surface area contributed by atoms with Crippen LogP contribution in [0.5, 0.6) is 0 Å². The number of amides is 1. The minimum Gasteiger partial charge on any atom is -0.464 e. The van der Waals surface area contributed by atoms with E-state index >= 15 is 0 Å². The number of esters is 1. The van der Waals surface area contributed by atoms with Gasteiger partial charge in [-0.1, -0.05) is 51.5 Å². The topological polar surface area (TPSA) is 55.4 Å². The van der Waals surface area contributed by atoms with Crippen molar-refractivity contribution >= 4 is 11.9 Å². The minimum absolute atomic E-state index is 0.113. The SMILES string of the molecule is C=CCC(NC(=O)C(F)(F)F)C(=O)OCCCCCCCCC. The summed E-state index contributed by atoms with van der Waals surface area (Å²) in [5.41, 5.74) is 0. The van der Waals surface area contributed by atoms with Gasteiger partial charge in [-0.05, 0) is 12.8 Å². The largest absolute Gasteiger partial charge is 0.471 e. The predicted molar refractivity (Wildman–Crippen MR) is 81.8 cm³/mol. The summed E-state index contributed by atoms with van der Waals surface area (Å²) in [5.74, 6) is -3.02. The molecule has 1 atom stereocenters. The number of nitrogens with one attached hydrogen (secondary N) is 1. The Bertz CT molecular complexity index is 370. The van der Waals surface area contributed by atoms with Gasteiger partial charge in [-0.2, -0.15) is 13.2 Å². The second kappa shape index (κ2) is 12.0. The highest BCUT2D eigenvalue weighted by atomic mass is 19.4. The first kappa shape index (κ1) is 21.5. The van der Waals surface area contributed by atoms with Gasteiger partial charge in [-0.3, -0.25) is 4.79 Å². The van der Waals surface area contributed by atoms with Gasteiger partial charge >= 0.3 is 18.1 Å². The van der Waals surface area contributed by atoms with Gasteiger partial charge in [0.2, 0.25) is 0 Å². The van der Waals surface area contributed by atoms with Crippen molar-refractivity contribution in [2.45, 2.75) is 70.5 Å². The number of carbonyl (C=O) groups is 2. The molecule has 0 aromatic heterocycles. The van der Waals surface area contributed by atoms with E-state index in [1.54, 1.807) is 5.32 Å². The van der Waals surface area contributed by atoms with Gasteiger partial charge in [-0.15, -0.1) is 6.58 Å². The van der Waals surface area contributed by atoms with Crippen LogP contribution < -0.4 is 5.32 Å². The Hall–Kier alpha value is -1.53. The molecule has 0 aromatic rings. The Morgan fingerprint density at radius 3 is 2.22 bits per heavy atom.